The number of halogens is 1. The first-order valence-electron chi connectivity index (χ1n) is 7.72. The summed E-state index contributed by atoms with van der Waals surface area (Å²) in [7, 11) is 1.95. The van der Waals surface area contributed by atoms with Crippen LogP contribution in [-0.4, -0.2) is 30.9 Å². The van der Waals surface area contributed by atoms with Gasteiger partial charge in [-0.25, -0.2) is 0 Å². The Balaban J connectivity index is 0.00000161. The van der Waals surface area contributed by atoms with Crippen molar-refractivity contribution in [3.63, 3.8) is 0 Å². The number of rotatable bonds is 3. The van der Waals surface area contributed by atoms with E-state index in [1.807, 2.05) is 30.1 Å². The molecule has 2 aliphatic rings. The first kappa shape index (κ1) is 16.3. The smallest absolute Gasteiger partial charge is 0.230 e. The lowest BCUT2D eigenvalue weighted by Gasteiger charge is -2.39. The second-order valence-corrected chi connectivity index (χ2v) is 6.38. The van der Waals surface area contributed by atoms with Gasteiger partial charge in [-0.3, -0.25) is 4.79 Å². The van der Waals surface area contributed by atoms with Gasteiger partial charge in [0.25, 0.3) is 0 Å². The minimum Gasteiger partial charge on any atom is -0.341 e. The van der Waals surface area contributed by atoms with Crippen molar-refractivity contribution in [3.8, 4) is 0 Å². The third kappa shape index (κ3) is 3.09. The van der Waals surface area contributed by atoms with E-state index in [0.717, 1.165) is 19.5 Å². The van der Waals surface area contributed by atoms with Crippen LogP contribution in [0.2, 0.25) is 0 Å². The van der Waals surface area contributed by atoms with Crippen LogP contribution in [0.4, 0.5) is 0 Å². The molecule has 2 fully saturated rings. The van der Waals surface area contributed by atoms with Crippen LogP contribution in [0.5, 0.6) is 0 Å². The first-order valence-corrected chi connectivity index (χ1v) is 7.72. The lowest BCUT2D eigenvalue weighted by molar-refractivity contribution is -0.144. The van der Waals surface area contributed by atoms with Crippen molar-refractivity contribution in [3.05, 3.63) is 35.9 Å². The van der Waals surface area contributed by atoms with E-state index >= 15 is 0 Å². The van der Waals surface area contributed by atoms with Gasteiger partial charge in [-0.05, 0) is 30.9 Å². The molecule has 1 heterocycles. The predicted octanol–water partition coefficient (Wildman–Crippen LogP) is 2.85. The van der Waals surface area contributed by atoms with Gasteiger partial charge in [0.15, 0.2) is 0 Å². The fourth-order valence-electron chi connectivity index (χ4n) is 3.98. The van der Waals surface area contributed by atoms with E-state index in [9.17, 15) is 4.79 Å². The standard InChI is InChI=1S/C17H24N2O.ClH/c1-19(12-14-7-3-2-4-8-14)16(20)17-10-6-5-9-15(17)11-18-13-17;/h2-4,7-8,15,18H,5-6,9-13H2,1H3;1H/t15-,17+;/m0./s1. The number of carbonyl (C=O) groups is 1. The third-order valence-corrected chi connectivity index (χ3v) is 5.07. The molecule has 116 valence electrons. The largest absolute Gasteiger partial charge is 0.341 e. The zero-order valence-electron chi connectivity index (χ0n) is 12.7. The van der Waals surface area contributed by atoms with Crippen molar-refractivity contribution in [1.29, 1.82) is 0 Å². The number of fused-ring (bicyclic) bond motifs is 1. The highest BCUT2D eigenvalue weighted by Gasteiger charge is 2.50. The van der Waals surface area contributed by atoms with E-state index in [2.05, 4.69) is 17.4 Å². The summed E-state index contributed by atoms with van der Waals surface area (Å²) < 4.78 is 0. The van der Waals surface area contributed by atoms with E-state index in [0.29, 0.717) is 18.4 Å². The van der Waals surface area contributed by atoms with Crippen LogP contribution in [0.15, 0.2) is 30.3 Å². The van der Waals surface area contributed by atoms with E-state index < -0.39 is 0 Å². The van der Waals surface area contributed by atoms with Gasteiger partial charge in [0.05, 0.1) is 5.41 Å². The molecule has 1 aromatic carbocycles. The molecule has 1 aliphatic heterocycles. The molecule has 4 heteroatoms. The van der Waals surface area contributed by atoms with Gasteiger partial charge in [-0.1, -0.05) is 43.2 Å². The minimum absolute atomic E-state index is 0. The highest BCUT2D eigenvalue weighted by Crippen LogP contribution is 2.45. The molecule has 1 saturated heterocycles. The van der Waals surface area contributed by atoms with Crippen molar-refractivity contribution < 1.29 is 4.79 Å². The Bertz CT molecular complexity index is 479. The van der Waals surface area contributed by atoms with Gasteiger partial charge in [0.2, 0.25) is 5.91 Å². The number of nitrogens with zero attached hydrogens (tertiary/aromatic N) is 1. The number of amides is 1. The van der Waals surface area contributed by atoms with Gasteiger partial charge >= 0.3 is 0 Å². The fraction of sp³-hybridized carbons (Fsp3) is 0.588. The summed E-state index contributed by atoms with van der Waals surface area (Å²) in [6.07, 6.45) is 4.74. The van der Waals surface area contributed by atoms with Gasteiger partial charge in [0, 0.05) is 20.1 Å². The number of hydrogen-bond acceptors (Lipinski definition) is 2. The maximum Gasteiger partial charge on any atom is 0.230 e. The Morgan fingerprint density at radius 2 is 2.10 bits per heavy atom. The monoisotopic (exact) mass is 308 g/mol. The van der Waals surface area contributed by atoms with Crippen LogP contribution in [0, 0.1) is 11.3 Å². The lowest BCUT2D eigenvalue weighted by Crippen LogP contribution is -2.48. The molecule has 1 aromatic rings. The molecule has 1 amide bonds. The number of nitrogens with one attached hydrogen (secondary N) is 1. The van der Waals surface area contributed by atoms with Gasteiger partial charge in [-0.15, -0.1) is 12.4 Å². The molecule has 0 radical (unpaired) electrons. The molecule has 3 rings (SSSR count). The molecule has 0 unspecified atom stereocenters. The normalized spacial score (nSPS) is 27.6. The quantitative estimate of drug-likeness (QED) is 0.931. The van der Waals surface area contributed by atoms with Crippen LogP contribution in [0.3, 0.4) is 0 Å². The van der Waals surface area contributed by atoms with Crippen molar-refractivity contribution in [2.75, 3.05) is 20.1 Å². The Morgan fingerprint density at radius 3 is 2.86 bits per heavy atom. The molecular formula is C17H25ClN2O. The number of benzene rings is 1. The molecule has 1 aliphatic carbocycles. The predicted molar refractivity (Wildman–Crippen MR) is 87.4 cm³/mol. The zero-order chi connectivity index (χ0) is 14.0. The molecule has 2 atom stereocenters. The summed E-state index contributed by atoms with van der Waals surface area (Å²) in [5.74, 6) is 0.887. The summed E-state index contributed by atoms with van der Waals surface area (Å²) in [6.45, 7) is 2.61. The van der Waals surface area contributed by atoms with E-state index in [4.69, 9.17) is 0 Å². The summed E-state index contributed by atoms with van der Waals surface area (Å²) in [5, 5.41) is 3.46. The van der Waals surface area contributed by atoms with Crippen molar-refractivity contribution in [1.82, 2.24) is 10.2 Å². The summed E-state index contributed by atoms with van der Waals surface area (Å²) in [4.78, 5) is 14.9. The second kappa shape index (κ2) is 6.80. The van der Waals surface area contributed by atoms with E-state index in [-0.39, 0.29) is 17.8 Å². The topological polar surface area (TPSA) is 32.3 Å². The van der Waals surface area contributed by atoms with E-state index in [1.54, 1.807) is 0 Å². The Hall–Kier alpha value is -1.06. The average Bonchev–Trinajstić information content (AvgIpc) is 2.92. The molecule has 0 aromatic heterocycles. The molecule has 1 saturated carbocycles. The van der Waals surface area contributed by atoms with Gasteiger partial charge in [-0.2, -0.15) is 0 Å². The van der Waals surface area contributed by atoms with Crippen LogP contribution in [0.25, 0.3) is 0 Å². The summed E-state index contributed by atoms with van der Waals surface area (Å²) >= 11 is 0. The lowest BCUT2D eigenvalue weighted by atomic mass is 9.67. The molecule has 21 heavy (non-hydrogen) atoms. The SMILES string of the molecule is CN(Cc1ccccc1)C(=O)[C@@]12CCCC[C@H]1CNC2.Cl. The first-order chi connectivity index (χ1) is 9.72. The van der Waals surface area contributed by atoms with Crippen LogP contribution >= 0.6 is 12.4 Å². The Labute approximate surface area is 133 Å². The molecule has 0 spiro atoms. The van der Waals surface area contributed by atoms with Crippen molar-refractivity contribution >= 4 is 18.3 Å². The maximum absolute atomic E-state index is 13.0. The number of hydrogen-bond donors (Lipinski definition) is 1. The zero-order valence-corrected chi connectivity index (χ0v) is 13.5. The summed E-state index contributed by atoms with van der Waals surface area (Å²) in [5.41, 5.74) is 1.08. The molecule has 1 N–H and O–H groups in total. The summed E-state index contributed by atoms with van der Waals surface area (Å²) in [6, 6.07) is 10.3. The minimum atomic E-state index is -0.123. The fourth-order valence-corrected chi connectivity index (χ4v) is 3.98. The maximum atomic E-state index is 13.0. The molecule has 3 nitrogen and oxygen atoms in total. The highest BCUT2D eigenvalue weighted by atomic mass is 35.5. The van der Waals surface area contributed by atoms with Crippen LogP contribution < -0.4 is 5.32 Å². The average molecular weight is 309 g/mol. The second-order valence-electron chi connectivity index (χ2n) is 6.38. The Morgan fingerprint density at radius 1 is 1.33 bits per heavy atom. The van der Waals surface area contributed by atoms with Crippen LogP contribution in [0.1, 0.15) is 31.2 Å². The number of carbonyl (C=O) groups excluding carboxylic acids is 1. The van der Waals surface area contributed by atoms with E-state index in [1.165, 1.54) is 24.8 Å². The third-order valence-electron chi connectivity index (χ3n) is 5.07. The van der Waals surface area contributed by atoms with Crippen molar-refractivity contribution in [2.45, 2.75) is 32.2 Å². The highest BCUT2D eigenvalue weighted by molar-refractivity contribution is 5.85. The van der Waals surface area contributed by atoms with Gasteiger partial charge in [0.1, 0.15) is 0 Å². The van der Waals surface area contributed by atoms with Crippen molar-refractivity contribution in [2.24, 2.45) is 11.3 Å². The molecular weight excluding hydrogens is 284 g/mol. The van der Waals surface area contributed by atoms with Gasteiger partial charge < -0.3 is 10.2 Å². The molecule has 0 bridgehead atoms. The van der Waals surface area contributed by atoms with Crippen LogP contribution in [-0.2, 0) is 11.3 Å². The Kier molecular flexibility index (Phi) is 5.28.